The third-order valence-corrected chi connectivity index (χ3v) is 2.59. The molecule has 19 heavy (non-hydrogen) atoms. The van der Waals surface area contributed by atoms with Gasteiger partial charge in [0.2, 0.25) is 5.91 Å². The maximum atomic E-state index is 11.4. The Labute approximate surface area is 112 Å². The Morgan fingerprint density at radius 3 is 2.74 bits per heavy atom. The van der Waals surface area contributed by atoms with Gasteiger partial charge in [0.25, 0.3) is 0 Å². The third-order valence-electron chi connectivity index (χ3n) is 2.59. The second-order valence-electron chi connectivity index (χ2n) is 4.03. The molecule has 2 rings (SSSR count). The zero-order valence-electron chi connectivity index (χ0n) is 10.8. The van der Waals surface area contributed by atoms with Gasteiger partial charge in [-0.05, 0) is 17.7 Å². The largest absolute Gasteiger partial charge is 0.485 e. The molecule has 0 radical (unpaired) electrons. The smallest absolute Gasteiger partial charge is 0.225 e. The number of nitrogens with zero attached hydrogens (tertiary/aromatic N) is 1. The molecule has 0 saturated carbocycles. The van der Waals surface area contributed by atoms with E-state index in [1.54, 1.807) is 25.3 Å². The monoisotopic (exact) mass is 256 g/mol. The highest BCUT2D eigenvalue weighted by Crippen LogP contribution is 2.22. The number of nitrogens with one attached hydrogen (secondary N) is 1. The maximum absolute atomic E-state index is 11.4. The summed E-state index contributed by atoms with van der Waals surface area (Å²) >= 11 is 0. The van der Waals surface area contributed by atoms with E-state index in [2.05, 4.69) is 10.3 Å². The molecule has 0 bridgehead atoms. The van der Waals surface area contributed by atoms with Crippen molar-refractivity contribution in [3.63, 3.8) is 0 Å². The van der Waals surface area contributed by atoms with Crippen molar-refractivity contribution in [3.05, 3.63) is 54.2 Å². The molecule has 4 heteroatoms. The van der Waals surface area contributed by atoms with Gasteiger partial charge in [0.1, 0.15) is 6.61 Å². The van der Waals surface area contributed by atoms with E-state index in [4.69, 9.17) is 4.74 Å². The van der Waals surface area contributed by atoms with Crippen LogP contribution in [0, 0.1) is 0 Å². The summed E-state index contributed by atoms with van der Waals surface area (Å²) in [6, 6.07) is 13.4. The fourth-order valence-corrected chi connectivity index (χ4v) is 1.56. The number of aromatic nitrogens is 1. The second kappa shape index (κ2) is 6.54. The Morgan fingerprint density at radius 2 is 2.00 bits per heavy atom. The van der Waals surface area contributed by atoms with Crippen molar-refractivity contribution >= 4 is 11.7 Å². The lowest BCUT2D eigenvalue weighted by Gasteiger charge is -2.10. The van der Waals surface area contributed by atoms with Crippen molar-refractivity contribution in [1.29, 1.82) is 0 Å². The lowest BCUT2D eigenvalue weighted by atomic mass is 10.2. The van der Waals surface area contributed by atoms with Gasteiger partial charge in [-0.1, -0.05) is 37.3 Å². The quantitative estimate of drug-likeness (QED) is 0.894. The molecule has 0 aliphatic rings. The molecule has 4 nitrogen and oxygen atoms in total. The van der Waals surface area contributed by atoms with Gasteiger partial charge in [-0.25, -0.2) is 4.98 Å². The Kier molecular flexibility index (Phi) is 4.50. The first-order valence-electron chi connectivity index (χ1n) is 6.21. The van der Waals surface area contributed by atoms with Crippen LogP contribution in [0.1, 0.15) is 18.9 Å². The highest BCUT2D eigenvalue weighted by atomic mass is 16.5. The first-order chi connectivity index (χ1) is 9.29. The number of hydrogen-bond acceptors (Lipinski definition) is 3. The molecule has 1 aromatic carbocycles. The molecular weight excluding hydrogens is 240 g/mol. The lowest BCUT2D eigenvalue weighted by Crippen LogP contribution is -2.12. The lowest BCUT2D eigenvalue weighted by molar-refractivity contribution is -0.115. The molecule has 0 saturated heterocycles. The number of hydrogen-bond donors (Lipinski definition) is 1. The number of rotatable bonds is 5. The van der Waals surface area contributed by atoms with E-state index in [1.165, 1.54) is 0 Å². The van der Waals surface area contributed by atoms with Gasteiger partial charge in [0.15, 0.2) is 11.6 Å². The number of pyridine rings is 1. The van der Waals surface area contributed by atoms with E-state index in [0.717, 1.165) is 5.56 Å². The molecule has 0 fully saturated rings. The van der Waals surface area contributed by atoms with Crippen LogP contribution in [0.4, 0.5) is 5.82 Å². The highest BCUT2D eigenvalue weighted by molar-refractivity contribution is 5.90. The summed E-state index contributed by atoms with van der Waals surface area (Å²) in [6.45, 7) is 2.24. The molecule has 2 aromatic rings. The molecule has 0 aliphatic carbocycles. The summed E-state index contributed by atoms with van der Waals surface area (Å²) in [4.78, 5) is 15.5. The van der Waals surface area contributed by atoms with E-state index in [9.17, 15) is 4.79 Å². The maximum Gasteiger partial charge on any atom is 0.225 e. The third kappa shape index (κ3) is 3.81. The molecule has 1 aromatic heterocycles. The minimum absolute atomic E-state index is 0.0803. The minimum Gasteiger partial charge on any atom is -0.485 e. The van der Waals surface area contributed by atoms with Crippen molar-refractivity contribution in [1.82, 2.24) is 4.98 Å². The minimum atomic E-state index is -0.0803. The average Bonchev–Trinajstić information content (AvgIpc) is 2.47. The van der Waals surface area contributed by atoms with Crippen LogP contribution in [0.15, 0.2) is 48.7 Å². The molecule has 1 amide bonds. The van der Waals surface area contributed by atoms with E-state index >= 15 is 0 Å². The molecule has 0 aliphatic heterocycles. The van der Waals surface area contributed by atoms with Gasteiger partial charge in [0, 0.05) is 12.6 Å². The summed E-state index contributed by atoms with van der Waals surface area (Å²) < 4.78 is 5.69. The van der Waals surface area contributed by atoms with Crippen molar-refractivity contribution in [3.8, 4) is 5.75 Å². The number of carbonyl (C=O) groups excluding carboxylic acids is 1. The van der Waals surface area contributed by atoms with E-state index in [-0.39, 0.29) is 5.91 Å². The van der Waals surface area contributed by atoms with Crippen LogP contribution >= 0.6 is 0 Å². The van der Waals surface area contributed by atoms with Crippen molar-refractivity contribution in [2.45, 2.75) is 20.0 Å². The average molecular weight is 256 g/mol. The second-order valence-corrected chi connectivity index (χ2v) is 4.03. The van der Waals surface area contributed by atoms with Crippen LogP contribution in [0.25, 0.3) is 0 Å². The number of benzene rings is 1. The summed E-state index contributed by atoms with van der Waals surface area (Å²) in [5.74, 6) is 0.960. The fraction of sp³-hybridized carbons (Fsp3) is 0.200. The first kappa shape index (κ1) is 13.1. The van der Waals surface area contributed by atoms with Crippen LogP contribution < -0.4 is 10.1 Å². The van der Waals surface area contributed by atoms with Crippen molar-refractivity contribution in [2.24, 2.45) is 0 Å². The normalized spacial score (nSPS) is 9.95. The molecule has 0 spiro atoms. The zero-order chi connectivity index (χ0) is 13.5. The van der Waals surface area contributed by atoms with Gasteiger partial charge < -0.3 is 10.1 Å². The van der Waals surface area contributed by atoms with Crippen LogP contribution in [0.2, 0.25) is 0 Å². The Balaban J connectivity index is 2.05. The van der Waals surface area contributed by atoms with E-state index in [0.29, 0.717) is 24.6 Å². The molecule has 0 unspecified atom stereocenters. The predicted molar refractivity (Wildman–Crippen MR) is 73.9 cm³/mol. The number of carbonyl (C=O) groups is 1. The Morgan fingerprint density at radius 1 is 1.21 bits per heavy atom. The van der Waals surface area contributed by atoms with Crippen LogP contribution in [-0.2, 0) is 11.4 Å². The standard InChI is InChI=1S/C15H16N2O2/c1-2-14(18)17-15-13(9-6-10-16-15)19-11-12-7-4-3-5-8-12/h3-10H,2,11H2,1H3,(H,16,17,18). The highest BCUT2D eigenvalue weighted by Gasteiger charge is 2.07. The molecule has 98 valence electrons. The molecule has 1 heterocycles. The summed E-state index contributed by atoms with van der Waals surface area (Å²) in [5.41, 5.74) is 1.07. The first-order valence-corrected chi connectivity index (χ1v) is 6.21. The van der Waals surface area contributed by atoms with Crippen molar-refractivity contribution in [2.75, 3.05) is 5.32 Å². The van der Waals surface area contributed by atoms with E-state index in [1.807, 2.05) is 30.3 Å². The van der Waals surface area contributed by atoms with Crippen LogP contribution in [0.5, 0.6) is 5.75 Å². The molecule has 0 atom stereocenters. The van der Waals surface area contributed by atoms with Gasteiger partial charge in [-0.3, -0.25) is 4.79 Å². The van der Waals surface area contributed by atoms with Gasteiger partial charge in [0.05, 0.1) is 0 Å². The number of ether oxygens (including phenoxy) is 1. The summed E-state index contributed by atoms with van der Waals surface area (Å²) in [6.07, 6.45) is 2.04. The van der Waals surface area contributed by atoms with Gasteiger partial charge in [-0.2, -0.15) is 0 Å². The number of anilines is 1. The van der Waals surface area contributed by atoms with Crippen LogP contribution in [-0.4, -0.2) is 10.9 Å². The number of amides is 1. The molecule has 1 N–H and O–H groups in total. The fourth-order valence-electron chi connectivity index (χ4n) is 1.56. The predicted octanol–water partition coefficient (Wildman–Crippen LogP) is 3.01. The Hall–Kier alpha value is -2.36. The summed E-state index contributed by atoms with van der Waals surface area (Å²) in [5, 5.41) is 2.72. The molecular formula is C15H16N2O2. The van der Waals surface area contributed by atoms with Crippen molar-refractivity contribution < 1.29 is 9.53 Å². The zero-order valence-corrected chi connectivity index (χ0v) is 10.8. The van der Waals surface area contributed by atoms with Gasteiger partial charge in [-0.15, -0.1) is 0 Å². The van der Waals surface area contributed by atoms with Crippen LogP contribution in [0.3, 0.4) is 0 Å². The SMILES string of the molecule is CCC(=O)Nc1ncccc1OCc1ccccc1. The van der Waals surface area contributed by atoms with Gasteiger partial charge >= 0.3 is 0 Å². The topological polar surface area (TPSA) is 51.2 Å². The van der Waals surface area contributed by atoms with E-state index < -0.39 is 0 Å². The summed E-state index contributed by atoms with van der Waals surface area (Å²) in [7, 11) is 0. The Bertz CT molecular complexity index is 541.